The molecule has 1 N–H and O–H groups in total. The van der Waals surface area contributed by atoms with E-state index in [2.05, 4.69) is 4.72 Å². The highest BCUT2D eigenvalue weighted by Crippen LogP contribution is 2.21. The Kier molecular flexibility index (Phi) is 6.15. The first-order valence-corrected chi connectivity index (χ1v) is 9.24. The fourth-order valence-corrected chi connectivity index (χ4v) is 3.82. The van der Waals surface area contributed by atoms with Crippen molar-refractivity contribution in [3.05, 3.63) is 59.1 Å². The van der Waals surface area contributed by atoms with E-state index in [1.165, 1.54) is 24.0 Å². The van der Waals surface area contributed by atoms with Gasteiger partial charge in [0.2, 0.25) is 15.9 Å². The number of nitriles is 1. The third-order valence-corrected chi connectivity index (χ3v) is 5.41. The fraction of sp³-hybridized carbons (Fsp3) is 0.176. The molecule has 0 bridgehead atoms. The molecule has 1 amide bonds. The van der Waals surface area contributed by atoms with E-state index < -0.39 is 10.0 Å². The minimum Gasteiger partial charge on any atom is -0.310 e. The number of halogens is 1. The lowest BCUT2D eigenvalue weighted by Crippen LogP contribution is -2.38. The second-order valence-corrected chi connectivity index (χ2v) is 7.27. The molecule has 0 saturated heterocycles. The summed E-state index contributed by atoms with van der Waals surface area (Å²) in [7, 11) is -3.80. The maximum absolute atomic E-state index is 12.3. The predicted octanol–water partition coefficient (Wildman–Crippen LogP) is 2.54. The first kappa shape index (κ1) is 18.9. The van der Waals surface area contributed by atoms with Crippen LogP contribution in [-0.2, 0) is 14.8 Å². The average Bonchev–Trinajstić information content (AvgIpc) is 2.58. The Morgan fingerprint density at radius 1 is 1.20 bits per heavy atom. The van der Waals surface area contributed by atoms with Gasteiger partial charge in [0, 0.05) is 20.0 Å². The largest absolute Gasteiger partial charge is 0.310 e. The SMILES string of the molecule is CC(=O)N(CCNS(=O)(=O)c1ccccc1Cl)c1ccccc1C#N. The Bertz CT molecular complexity index is 923. The molecule has 130 valence electrons. The summed E-state index contributed by atoms with van der Waals surface area (Å²) in [6, 6.07) is 14.8. The first-order valence-electron chi connectivity index (χ1n) is 7.38. The molecule has 0 aromatic heterocycles. The highest BCUT2D eigenvalue weighted by molar-refractivity contribution is 7.89. The maximum Gasteiger partial charge on any atom is 0.242 e. The highest BCUT2D eigenvalue weighted by atomic mass is 35.5. The van der Waals surface area contributed by atoms with E-state index in [4.69, 9.17) is 16.9 Å². The van der Waals surface area contributed by atoms with E-state index in [1.54, 1.807) is 36.4 Å². The van der Waals surface area contributed by atoms with Gasteiger partial charge in [-0.15, -0.1) is 0 Å². The number of amides is 1. The summed E-state index contributed by atoms with van der Waals surface area (Å²) < 4.78 is 27.0. The molecule has 25 heavy (non-hydrogen) atoms. The number of carbonyl (C=O) groups is 1. The van der Waals surface area contributed by atoms with E-state index in [0.29, 0.717) is 11.3 Å². The van der Waals surface area contributed by atoms with Gasteiger partial charge in [0.15, 0.2) is 0 Å². The van der Waals surface area contributed by atoms with Crippen LogP contribution in [0.25, 0.3) is 0 Å². The molecule has 0 heterocycles. The van der Waals surface area contributed by atoms with E-state index in [1.807, 2.05) is 6.07 Å². The Hall–Kier alpha value is -2.40. The van der Waals surface area contributed by atoms with Gasteiger partial charge in [-0.3, -0.25) is 4.79 Å². The van der Waals surface area contributed by atoms with Gasteiger partial charge in [0.1, 0.15) is 11.0 Å². The standard InChI is InChI=1S/C17H16ClN3O3S/c1-13(22)21(16-8-4-2-6-14(16)12-19)11-10-20-25(23,24)17-9-5-3-7-15(17)18/h2-9,20H,10-11H2,1H3. The monoisotopic (exact) mass is 377 g/mol. The summed E-state index contributed by atoms with van der Waals surface area (Å²) in [5.41, 5.74) is 0.779. The average molecular weight is 378 g/mol. The third-order valence-electron chi connectivity index (χ3n) is 3.45. The highest BCUT2D eigenvalue weighted by Gasteiger charge is 2.19. The smallest absolute Gasteiger partial charge is 0.242 e. The second kappa shape index (κ2) is 8.12. The zero-order chi connectivity index (χ0) is 18.4. The van der Waals surface area contributed by atoms with E-state index in [-0.39, 0.29) is 28.9 Å². The van der Waals surface area contributed by atoms with Crippen LogP contribution in [0, 0.1) is 11.3 Å². The number of benzene rings is 2. The molecule has 0 spiro atoms. The number of rotatable bonds is 6. The van der Waals surface area contributed by atoms with Crippen LogP contribution in [0.1, 0.15) is 12.5 Å². The van der Waals surface area contributed by atoms with Gasteiger partial charge in [-0.1, -0.05) is 35.9 Å². The number of nitrogens with zero attached hydrogens (tertiary/aromatic N) is 2. The molecule has 0 aliphatic carbocycles. The van der Waals surface area contributed by atoms with Crippen molar-refractivity contribution < 1.29 is 13.2 Å². The van der Waals surface area contributed by atoms with Gasteiger partial charge in [-0.05, 0) is 24.3 Å². The van der Waals surface area contributed by atoms with Crippen LogP contribution in [0.15, 0.2) is 53.4 Å². The molecule has 0 fully saturated rings. The summed E-state index contributed by atoms with van der Waals surface area (Å²) in [6.07, 6.45) is 0. The summed E-state index contributed by atoms with van der Waals surface area (Å²) in [4.78, 5) is 13.2. The molecule has 0 atom stereocenters. The lowest BCUT2D eigenvalue weighted by atomic mass is 10.1. The Balaban J connectivity index is 2.14. The first-order chi connectivity index (χ1) is 11.9. The molecule has 6 nitrogen and oxygen atoms in total. The van der Waals surface area contributed by atoms with Crippen molar-refractivity contribution in [2.45, 2.75) is 11.8 Å². The van der Waals surface area contributed by atoms with Crippen molar-refractivity contribution in [3.8, 4) is 6.07 Å². The van der Waals surface area contributed by atoms with Crippen molar-refractivity contribution >= 4 is 33.2 Å². The lowest BCUT2D eigenvalue weighted by molar-refractivity contribution is -0.116. The lowest BCUT2D eigenvalue weighted by Gasteiger charge is -2.22. The Labute approximate surface area is 151 Å². The van der Waals surface area contributed by atoms with Crippen molar-refractivity contribution in [2.24, 2.45) is 0 Å². The Morgan fingerprint density at radius 3 is 2.48 bits per heavy atom. The molecule has 0 unspecified atom stereocenters. The van der Waals surface area contributed by atoms with Crippen LogP contribution in [0.2, 0.25) is 5.02 Å². The molecule has 0 saturated carbocycles. The van der Waals surface area contributed by atoms with Crippen LogP contribution in [0.5, 0.6) is 0 Å². The molecular weight excluding hydrogens is 362 g/mol. The van der Waals surface area contributed by atoms with Crippen LogP contribution in [0.3, 0.4) is 0 Å². The number of hydrogen-bond acceptors (Lipinski definition) is 4. The van der Waals surface area contributed by atoms with Crippen molar-refractivity contribution in [1.29, 1.82) is 5.26 Å². The van der Waals surface area contributed by atoms with E-state index in [9.17, 15) is 13.2 Å². The molecule has 2 aromatic rings. The number of hydrogen-bond donors (Lipinski definition) is 1. The molecule has 2 rings (SSSR count). The number of carbonyl (C=O) groups excluding carboxylic acids is 1. The number of nitrogens with one attached hydrogen (secondary N) is 1. The quantitative estimate of drug-likeness (QED) is 0.837. The van der Waals surface area contributed by atoms with Gasteiger partial charge in [0.25, 0.3) is 0 Å². The third kappa shape index (κ3) is 4.57. The Morgan fingerprint density at radius 2 is 1.84 bits per heavy atom. The molecule has 0 aliphatic heterocycles. The van der Waals surface area contributed by atoms with Crippen LogP contribution in [-0.4, -0.2) is 27.4 Å². The van der Waals surface area contributed by atoms with Crippen molar-refractivity contribution in [3.63, 3.8) is 0 Å². The molecular formula is C17H16ClN3O3S. The van der Waals surface area contributed by atoms with Crippen LogP contribution in [0.4, 0.5) is 5.69 Å². The number of para-hydroxylation sites is 1. The summed E-state index contributed by atoms with van der Waals surface area (Å²) >= 11 is 5.92. The van der Waals surface area contributed by atoms with Gasteiger partial charge in [0.05, 0.1) is 16.3 Å². The topological polar surface area (TPSA) is 90.3 Å². The van der Waals surface area contributed by atoms with Gasteiger partial charge >= 0.3 is 0 Å². The molecule has 0 radical (unpaired) electrons. The predicted molar refractivity (Wildman–Crippen MR) is 95.8 cm³/mol. The zero-order valence-corrected chi connectivity index (χ0v) is 15.0. The molecule has 2 aromatic carbocycles. The summed E-state index contributed by atoms with van der Waals surface area (Å²) in [5.74, 6) is -0.292. The van der Waals surface area contributed by atoms with Crippen LogP contribution < -0.4 is 9.62 Å². The zero-order valence-electron chi connectivity index (χ0n) is 13.4. The number of anilines is 1. The summed E-state index contributed by atoms with van der Waals surface area (Å²) in [6.45, 7) is 1.42. The molecule has 8 heteroatoms. The normalized spacial score (nSPS) is 10.9. The van der Waals surface area contributed by atoms with Gasteiger partial charge < -0.3 is 4.90 Å². The fourth-order valence-electron chi connectivity index (χ4n) is 2.28. The van der Waals surface area contributed by atoms with E-state index in [0.717, 1.165) is 0 Å². The van der Waals surface area contributed by atoms with Gasteiger partial charge in [-0.2, -0.15) is 5.26 Å². The minimum absolute atomic E-state index is 0.0209. The molecule has 0 aliphatic rings. The van der Waals surface area contributed by atoms with Crippen LogP contribution >= 0.6 is 11.6 Å². The second-order valence-electron chi connectivity index (χ2n) is 5.13. The minimum atomic E-state index is -3.80. The van der Waals surface area contributed by atoms with E-state index >= 15 is 0 Å². The van der Waals surface area contributed by atoms with Crippen molar-refractivity contribution in [1.82, 2.24) is 4.72 Å². The summed E-state index contributed by atoms with van der Waals surface area (Å²) in [5, 5.41) is 9.29. The number of sulfonamides is 1. The maximum atomic E-state index is 12.3. The van der Waals surface area contributed by atoms with Gasteiger partial charge in [-0.25, -0.2) is 13.1 Å². The van der Waals surface area contributed by atoms with Crippen molar-refractivity contribution in [2.75, 3.05) is 18.0 Å².